The molecule has 108 valence electrons. The minimum absolute atomic E-state index is 0.672. The molecular weight excluding hydrogens is 220 g/mol. The van der Waals surface area contributed by atoms with Gasteiger partial charge in [-0.15, -0.1) is 0 Å². The number of hydrogen-bond acceptors (Lipinski definition) is 2. The molecule has 0 amide bonds. The summed E-state index contributed by atoms with van der Waals surface area (Å²) < 4.78 is 0. The lowest BCUT2D eigenvalue weighted by Gasteiger charge is -2.36. The molecule has 0 aromatic rings. The van der Waals surface area contributed by atoms with Crippen molar-refractivity contribution in [2.75, 3.05) is 26.2 Å². The number of likely N-dealkylation sites (tertiary alicyclic amines) is 1. The van der Waals surface area contributed by atoms with E-state index in [0.29, 0.717) is 6.04 Å². The van der Waals surface area contributed by atoms with E-state index in [-0.39, 0.29) is 0 Å². The Balaban J connectivity index is 2.30. The van der Waals surface area contributed by atoms with Gasteiger partial charge in [0, 0.05) is 12.6 Å². The lowest BCUT2D eigenvalue weighted by molar-refractivity contribution is 0.148. The number of nitrogens with one attached hydrogen (secondary N) is 1. The Morgan fingerprint density at radius 2 is 1.94 bits per heavy atom. The van der Waals surface area contributed by atoms with Gasteiger partial charge in [0.2, 0.25) is 0 Å². The molecule has 1 fully saturated rings. The summed E-state index contributed by atoms with van der Waals surface area (Å²) in [5, 5.41) is 3.77. The van der Waals surface area contributed by atoms with Gasteiger partial charge < -0.3 is 10.2 Å². The van der Waals surface area contributed by atoms with E-state index in [2.05, 4.69) is 44.8 Å². The number of nitrogens with zero attached hydrogens (tertiary/aromatic N) is 1. The van der Waals surface area contributed by atoms with Gasteiger partial charge >= 0.3 is 0 Å². The molecule has 1 rings (SSSR count). The molecule has 1 aliphatic rings. The summed E-state index contributed by atoms with van der Waals surface area (Å²) in [5.74, 6) is 2.42. The predicted octanol–water partition coefficient (Wildman–Crippen LogP) is 3.38. The van der Waals surface area contributed by atoms with Crippen molar-refractivity contribution in [2.24, 2.45) is 17.8 Å². The SMILES string of the molecule is CCCN1CCCC(C(C)NCC(C)C(C)C)C1. The number of rotatable bonds is 7. The highest BCUT2D eigenvalue weighted by atomic mass is 15.1. The maximum Gasteiger partial charge on any atom is 0.00793 e. The summed E-state index contributed by atoms with van der Waals surface area (Å²) in [4.78, 5) is 2.65. The topological polar surface area (TPSA) is 15.3 Å². The van der Waals surface area contributed by atoms with E-state index in [1.54, 1.807) is 0 Å². The van der Waals surface area contributed by atoms with Crippen LogP contribution in [0.15, 0.2) is 0 Å². The third kappa shape index (κ3) is 5.27. The van der Waals surface area contributed by atoms with E-state index in [1.165, 1.54) is 45.4 Å². The van der Waals surface area contributed by atoms with Crippen molar-refractivity contribution >= 4 is 0 Å². The van der Waals surface area contributed by atoms with Crippen LogP contribution in [0, 0.1) is 17.8 Å². The van der Waals surface area contributed by atoms with E-state index in [0.717, 1.165) is 17.8 Å². The number of piperidine rings is 1. The maximum atomic E-state index is 3.77. The van der Waals surface area contributed by atoms with Crippen molar-refractivity contribution in [1.82, 2.24) is 10.2 Å². The standard InChI is InChI=1S/C16H34N2/c1-6-9-18-10-7-8-16(12-18)15(5)17-11-14(4)13(2)3/h13-17H,6-12H2,1-5H3. The normalized spacial score (nSPS) is 25.3. The van der Waals surface area contributed by atoms with Gasteiger partial charge in [0.1, 0.15) is 0 Å². The van der Waals surface area contributed by atoms with Crippen molar-refractivity contribution in [3.8, 4) is 0 Å². The molecule has 1 saturated heterocycles. The molecule has 0 aromatic heterocycles. The molecular formula is C16H34N2. The Kier molecular flexibility index (Phi) is 7.25. The second kappa shape index (κ2) is 8.16. The van der Waals surface area contributed by atoms with Gasteiger partial charge in [0.15, 0.2) is 0 Å². The van der Waals surface area contributed by atoms with Crippen LogP contribution in [0.2, 0.25) is 0 Å². The zero-order valence-corrected chi connectivity index (χ0v) is 13.2. The first-order valence-electron chi connectivity index (χ1n) is 8.00. The Morgan fingerprint density at radius 3 is 2.56 bits per heavy atom. The third-order valence-corrected chi connectivity index (χ3v) is 4.69. The second-order valence-corrected chi connectivity index (χ2v) is 6.62. The Bertz CT molecular complexity index is 213. The fourth-order valence-corrected chi connectivity index (χ4v) is 2.79. The molecule has 2 nitrogen and oxygen atoms in total. The fraction of sp³-hybridized carbons (Fsp3) is 1.00. The van der Waals surface area contributed by atoms with Crippen molar-refractivity contribution in [1.29, 1.82) is 0 Å². The van der Waals surface area contributed by atoms with Crippen LogP contribution in [0.4, 0.5) is 0 Å². The smallest absolute Gasteiger partial charge is 0.00793 e. The minimum Gasteiger partial charge on any atom is -0.314 e. The monoisotopic (exact) mass is 254 g/mol. The molecule has 1 heterocycles. The first-order valence-corrected chi connectivity index (χ1v) is 8.00. The Hall–Kier alpha value is -0.0800. The van der Waals surface area contributed by atoms with Gasteiger partial charge in [-0.2, -0.15) is 0 Å². The van der Waals surface area contributed by atoms with E-state index in [4.69, 9.17) is 0 Å². The molecule has 18 heavy (non-hydrogen) atoms. The zero-order valence-electron chi connectivity index (χ0n) is 13.2. The van der Waals surface area contributed by atoms with Gasteiger partial charge in [0.05, 0.1) is 0 Å². The first kappa shape index (κ1) is 16.0. The van der Waals surface area contributed by atoms with E-state index >= 15 is 0 Å². The lowest BCUT2D eigenvalue weighted by Crippen LogP contribution is -2.45. The van der Waals surface area contributed by atoms with Gasteiger partial charge in [-0.1, -0.05) is 27.7 Å². The maximum absolute atomic E-state index is 3.77. The summed E-state index contributed by atoms with van der Waals surface area (Å²) in [6.07, 6.45) is 4.08. The minimum atomic E-state index is 0.672. The van der Waals surface area contributed by atoms with Crippen molar-refractivity contribution in [2.45, 2.75) is 59.9 Å². The highest BCUT2D eigenvalue weighted by Crippen LogP contribution is 2.20. The summed E-state index contributed by atoms with van der Waals surface area (Å²) in [6, 6.07) is 0.672. The van der Waals surface area contributed by atoms with Gasteiger partial charge in [-0.25, -0.2) is 0 Å². The summed E-state index contributed by atoms with van der Waals surface area (Å²) in [6.45, 7) is 16.7. The fourth-order valence-electron chi connectivity index (χ4n) is 2.79. The van der Waals surface area contributed by atoms with Crippen LogP contribution < -0.4 is 5.32 Å². The molecule has 0 radical (unpaired) electrons. The molecule has 1 N–H and O–H groups in total. The molecule has 3 atom stereocenters. The third-order valence-electron chi connectivity index (χ3n) is 4.69. The average Bonchev–Trinajstić information content (AvgIpc) is 2.36. The highest BCUT2D eigenvalue weighted by Gasteiger charge is 2.24. The molecule has 0 bridgehead atoms. The highest BCUT2D eigenvalue weighted by molar-refractivity contribution is 4.80. The van der Waals surface area contributed by atoms with Crippen LogP contribution in [-0.2, 0) is 0 Å². The molecule has 1 aliphatic heterocycles. The van der Waals surface area contributed by atoms with Crippen molar-refractivity contribution in [3.63, 3.8) is 0 Å². The molecule has 0 saturated carbocycles. The largest absolute Gasteiger partial charge is 0.314 e. The number of hydrogen-bond donors (Lipinski definition) is 1. The Labute approximate surface area is 115 Å². The summed E-state index contributed by atoms with van der Waals surface area (Å²) in [7, 11) is 0. The first-order chi connectivity index (χ1) is 8.54. The molecule has 3 unspecified atom stereocenters. The molecule has 2 heteroatoms. The van der Waals surface area contributed by atoms with Crippen LogP contribution in [0.25, 0.3) is 0 Å². The summed E-state index contributed by atoms with van der Waals surface area (Å²) >= 11 is 0. The van der Waals surface area contributed by atoms with Gasteiger partial charge in [0.25, 0.3) is 0 Å². The van der Waals surface area contributed by atoms with Crippen molar-refractivity contribution in [3.05, 3.63) is 0 Å². The Morgan fingerprint density at radius 1 is 1.22 bits per heavy atom. The average molecular weight is 254 g/mol. The second-order valence-electron chi connectivity index (χ2n) is 6.62. The summed E-state index contributed by atoms with van der Waals surface area (Å²) in [5.41, 5.74) is 0. The van der Waals surface area contributed by atoms with Crippen molar-refractivity contribution < 1.29 is 0 Å². The molecule has 0 aliphatic carbocycles. The van der Waals surface area contributed by atoms with Crippen LogP contribution in [0.1, 0.15) is 53.9 Å². The molecule has 0 aromatic carbocycles. The van der Waals surface area contributed by atoms with E-state index in [1.807, 2.05) is 0 Å². The van der Waals surface area contributed by atoms with Crippen LogP contribution in [-0.4, -0.2) is 37.1 Å². The van der Waals surface area contributed by atoms with Gasteiger partial charge in [-0.3, -0.25) is 0 Å². The van der Waals surface area contributed by atoms with Gasteiger partial charge in [-0.05, 0) is 63.6 Å². The van der Waals surface area contributed by atoms with E-state index in [9.17, 15) is 0 Å². The molecule has 0 spiro atoms. The quantitative estimate of drug-likeness (QED) is 0.749. The van der Waals surface area contributed by atoms with Crippen LogP contribution >= 0.6 is 0 Å². The van der Waals surface area contributed by atoms with Crippen LogP contribution in [0.3, 0.4) is 0 Å². The van der Waals surface area contributed by atoms with E-state index < -0.39 is 0 Å². The van der Waals surface area contributed by atoms with Crippen LogP contribution in [0.5, 0.6) is 0 Å². The predicted molar refractivity (Wildman–Crippen MR) is 80.9 cm³/mol. The zero-order chi connectivity index (χ0) is 13.5. The lowest BCUT2D eigenvalue weighted by atomic mass is 9.90.